The summed E-state index contributed by atoms with van der Waals surface area (Å²) < 4.78 is 5.60. The molecule has 0 unspecified atom stereocenters. The van der Waals surface area contributed by atoms with Crippen molar-refractivity contribution in [3.05, 3.63) is 42.5 Å². The van der Waals surface area contributed by atoms with E-state index in [4.69, 9.17) is 4.43 Å². The number of thioether (sulfide) groups is 1. The van der Waals surface area contributed by atoms with Crippen molar-refractivity contribution in [2.75, 3.05) is 6.61 Å². The molecule has 24 heavy (non-hydrogen) atoms. The van der Waals surface area contributed by atoms with Gasteiger partial charge in [-0.1, -0.05) is 45.0 Å². The lowest BCUT2D eigenvalue weighted by Gasteiger charge is -2.42. The fraction of sp³-hybridized carbons (Fsp3) is 0.526. The summed E-state index contributed by atoms with van der Waals surface area (Å²) >= 11 is 1.44. The molecule has 1 aromatic rings. The number of carbonyl (C=O) groups excluding carboxylic acids is 1. The van der Waals surface area contributed by atoms with E-state index in [9.17, 15) is 9.90 Å². The maximum Gasteiger partial charge on any atom is 0.192 e. The summed E-state index contributed by atoms with van der Waals surface area (Å²) in [7, 11) is -1.94. The van der Waals surface area contributed by atoms with Gasteiger partial charge in [0.1, 0.15) is 4.75 Å². The van der Waals surface area contributed by atoms with Crippen molar-refractivity contribution in [1.82, 2.24) is 0 Å². The third-order valence-electron chi connectivity index (χ3n) is 5.01. The van der Waals surface area contributed by atoms with Crippen LogP contribution < -0.4 is 0 Å². The van der Waals surface area contributed by atoms with Crippen LogP contribution in [-0.4, -0.2) is 36.7 Å². The first kappa shape index (κ1) is 19.4. The van der Waals surface area contributed by atoms with Gasteiger partial charge in [0.2, 0.25) is 0 Å². The second-order valence-corrected chi connectivity index (χ2v) is 14.1. The average molecular weight is 365 g/mol. The molecule has 0 aromatic heterocycles. The quantitative estimate of drug-likeness (QED) is 0.785. The molecular weight excluding hydrogens is 336 g/mol. The Kier molecular flexibility index (Phi) is 5.80. The van der Waals surface area contributed by atoms with Crippen molar-refractivity contribution < 1.29 is 14.3 Å². The first-order chi connectivity index (χ1) is 11.1. The zero-order chi connectivity index (χ0) is 18.0. The zero-order valence-corrected chi connectivity index (χ0v) is 17.0. The number of carbonyl (C=O) groups is 1. The summed E-state index contributed by atoms with van der Waals surface area (Å²) in [6.45, 7) is 10.8. The van der Waals surface area contributed by atoms with Gasteiger partial charge in [0.05, 0.1) is 12.7 Å². The van der Waals surface area contributed by atoms with Gasteiger partial charge in [0.25, 0.3) is 0 Å². The van der Waals surface area contributed by atoms with E-state index >= 15 is 0 Å². The largest absolute Gasteiger partial charge is 0.410 e. The van der Waals surface area contributed by atoms with E-state index in [1.807, 2.05) is 36.4 Å². The first-order valence-corrected chi connectivity index (χ1v) is 12.1. The predicted octanol–water partition coefficient (Wildman–Crippen LogP) is 4.43. The lowest BCUT2D eigenvalue weighted by atomic mass is 9.91. The molecule has 2 rings (SSSR count). The van der Waals surface area contributed by atoms with E-state index in [1.165, 1.54) is 11.8 Å². The summed E-state index contributed by atoms with van der Waals surface area (Å²) in [6.07, 6.45) is 3.83. The number of benzene rings is 1. The molecule has 0 fully saturated rings. The van der Waals surface area contributed by atoms with E-state index in [0.29, 0.717) is 6.42 Å². The number of ketones is 1. The van der Waals surface area contributed by atoms with Crippen LogP contribution in [0, 0.1) is 0 Å². The van der Waals surface area contributed by atoms with Crippen LogP contribution in [0.1, 0.15) is 27.2 Å². The molecule has 3 nitrogen and oxygen atoms in total. The predicted molar refractivity (Wildman–Crippen MR) is 103 cm³/mol. The van der Waals surface area contributed by atoms with Crippen LogP contribution in [-0.2, 0) is 9.22 Å². The van der Waals surface area contributed by atoms with Gasteiger partial charge in [-0.2, -0.15) is 0 Å². The van der Waals surface area contributed by atoms with Crippen molar-refractivity contribution in [3.8, 4) is 0 Å². The van der Waals surface area contributed by atoms with Gasteiger partial charge in [-0.15, -0.1) is 11.8 Å². The summed E-state index contributed by atoms with van der Waals surface area (Å²) in [4.78, 5) is 13.5. The van der Waals surface area contributed by atoms with Gasteiger partial charge in [-0.05, 0) is 36.3 Å². The molecule has 0 amide bonds. The van der Waals surface area contributed by atoms with Crippen molar-refractivity contribution in [3.63, 3.8) is 0 Å². The van der Waals surface area contributed by atoms with E-state index in [-0.39, 0.29) is 23.5 Å². The number of allylic oxidation sites excluding steroid dienone is 1. The van der Waals surface area contributed by atoms with Crippen LogP contribution in [0.25, 0.3) is 0 Å². The van der Waals surface area contributed by atoms with Crippen molar-refractivity contribution in [2.24, 2.45) is 0 Å². The van der Waals surface area contributed by atoms with Crippen molar-refractivity contribution in [1.29, 1.82) is 0 Å². The molecule has 132 valence electrons. The molecule has 2 atom stereocenters. The van der Waals surface area contributed by atoms with Crippen LogP contribution in [0.3, 0.4) is 0 Å². The zero-order valence-electron chi connectivity index (χ0n) is 15.2. The molecule has 0 heterocycles. The van der Waals surface area contributed by atoms with E-state index in [2.05, 4.69) is 33.9 Å². The van der Waals surface area contributed by atoms with E-state index < -0.39 is 13.1 Å². The highest BCUT2D eigenvalue weighted by Gasteiger charge is 2.45. The first-order valence-electron chi connectivity index (χ1n) is 8.35. The average Bonchev–Trinajstić information content (AvgIpc) is 2.50. The Hall–Kier alpha value is -0.883. The lowest BCUT2D eigenvalue weighted by molar-refractivity contribution is -0.119. The molecule has 1 aliphatic rings. The minimum absolute atomic E-state index is 0.0334. The Bertz CT molecular complexity index is 607. The molecular formula is C19H28O3SSi. The molecule has 1 aliphatic carbocycles. The van der Waals surface area contributed by atoms with Crippen molar-refractivity contribution >= 4 is 25.9 Å². The summed E-state index contributed by atoms with van der Waals surface area (Å²) in [5.41, 5.74) is 0. The Morgan fingerprint density at radius 2 is 1.92 bits per heavy atom. The highest BCUT2D eigenvalue weighted by Crippen LogP contribution is 2.43. The third kappa shape index (κ3) is 4.20. The second-order valence-electron chi connectivity index (χ2n) is 7.91. The topological polar surface area (TPSA) is 46.5 Å². The molecule has 1 aromatic carbocycles. The van der Waals surface area contributed by atoms with Gasteiger partial charge < -0.3 is 9.53 Å². The normalized spacial score (nSPS) is 25.1. The molecule has 0 saturated carbocycles. The third-order valence-corrected chi connectivity index (χ3v) is 10.9. The van der Waals surface area contributed by atoms with Gasteiger partial charge in [-0.25, -0.2) is 0 Å². The number of rotatable bonds is 5. The van der Waals surface area contributed by atoms with Gasteiger partial charge in [-0.3, -0.25) is 4.79 Å². The van der Waals surface area contributed by atoms with E-state index in [1.54, 1.807) is 6.08 Å². The molecule has 0 spiro atoms. The van der Waals surface area contributed by atoms with Crippen LogP contribution >= 0.6 is 11.8 Å². The monoisotopic (exact) mass is 364 g/mol. The van der Waals surface area contributed by atoms with E-state index in [0.717, 1.165) is 4.90 Å². The van der Waals surface area contributed by atoms with Crippen molar-refractivity contribution in [2.45, 2.75) is 61.1 Å². The Morgan fingerprint density at radius 1 is 1.29 bits per heavy atom. The maximum atomic E-state index is 12.5. The molecule has 0 radical (unpaired) electrons. The summed E-state index contributed by atoms with van der Waals surface area (Å²) in [5, 5.41) is 10.1. The molecule has 0 aliphatic heterocycles. The summed E-state index contributed by atoms with van der Waals surface area (Å²) in [6, 6.07) is 9.77. The molecule has 0 saturated heterocycles. The number of aliphatic hydroxyl groups excluding tert-OH is 1. The maximum absolute atomic E-state index is 12.5. The fourth-order valence-electron chi connectivity index (χ4n) is 2.46. The van der Waals surface area contributed by atoms with Crippen LogP contribution in [0.4, 0.5) is 0 Å². The van der Waals surface area contributed by atoms with Crippen LogP contribution in [0.2, 0.25) is 18.1 Å². The molecule has 5 heteroatoms. The van der Waals surface area contributed by atoms with Crippen LogP contribution in [0.5, 0.6) is 0 Å². The Balaban J connectivity index is 2.22. The molecule has 1 N–H and O–H groups in total. The van der Waals surface area contributed by atoms with Gasteiger partial charge in [0.15, 0.2) is 14.1 Å². The Morgan fingerprint density at radius 3 is 2.46 bits per heavy atom. The number of aliphatic hydroxyl groups is 1. The fourth-order valence-corrected chi connectivity index (χ4v) is 4.95. The standard InChI is InChI=1S/C19H28O3SSi/c1-18(2,3)24(4,5)22-15-11-12-17(21)19(13-15,14-20)23-16-9-7-6-8-10-16/h6-12,15,20H,13-14H2,1-5H3/t15-,19-/m1/s1. The second kappa shape index (κ2) is 7.16. The smallest absolute Gasteiger partial charge is 0.192 e. The Labute approximate surface area is 150 Å². The molecule has 0 bridgehead atoms. The number of hydrogen-bond acceptors (Lipinski definition) is 4. The number of hydrogen-bond donors (Lipinski definition) is 1. The van der Waals surface area contributed by atoms with Gasteiger partial charge in [0, 0.05) is 11.3 Å². The van der Waals surface area contributed by atoms with Crippen LogP contribution in [0.15, 0.2) is 47.4 Å². The minimum atomic E-state index is -1.94. The lowest BCUT2D eigenvalue weighted by Crippen LogP contribution is -2.49. The van der Waals surface area contributed by atoms with Gasteiger partial charge >= 0.3 is 0 Å². The highest BCUT2D eigenvalue weighted by molar-refractivity contribution is 8.01. The SMILES string of the molecule is CC(C)(C)[Si](C)(C)O[C@@H]1C=CC(=O)[C@@](CO)(Sc2ccccc2)C1. The highest BCUT2D eigenvalue weighted by atomic mass is 32.2. The minimum Gasteiger partial charge on any atom is -0.410 e. The summed E-state index contributed by atoms with van der Waals surface area (Å²) in [5.74, 6) is -0.0334.